The van der Waals surface area contributed by atoms with Gasteiger partial charge in [0.1, 0.15) is 0 Å². The molecule has 18 heavy (non-hydrogen) atoms. The molecule has 11 nitrogen and oxygen atoms in total. The summed E-state index contributed by atoms with van der Waals surface area (Å²) in [6.45, 7) is 0. The van der Waals surface area contributed by atoms with Gasteiger partial charge in [0.05, 0.1) is 10.5 Å². The van der Waals surface area contributed by atoms with Gasteiger partial charge in [-0.3, -0.25) is 25.5 Å². The number of carboxylic acid groups (broad SMARTS) is 1. The second kappa shape index (κ2) is 6.72. The number of nitrogens with zero attached hydrogens (tertiary/aromatic N) is 2. The van der Waals surface area contributed by atoms with Crippen molar-refractivity contribution in [2.24, 2.45) is 0 Å². The Morgan fingerprint density at radius 2 is 1.78 bits per heavy atom. The molecule has 1 aromatic rings. The number of para-hydroxylation sites is 1. The van der Waals surface area contributed by atoms with Gasteiger partial charge in [0.15, 0.2) is 0 Å². The number of rotatable bonds is 4. The minimum atomic E-state index is -1.56. The molecule has 0 fully saturated rings. The smallest absolute Gasteiger partial charge is 0.338 e. The van der Waals surface area contributed by atoms with E-state index in [1.165, 1.54) is 0 Å². The van der Waals surface area contributed by atoms with Gasteiger partial charge in [-0.15, -0.1) is 10.1 Å². The van der Waals surface area contributed by atoms with Crippen molar-refractivity contribution in [1.82, 2.24) is 0 Å². The Bertz CT molecular complexity index is 440. The summed E-state index contributed by atoms with van der Waals surface area (Å²) >= 11 is 0. The number of nitro groups is 1. The minimum absolute atomic E-state index is 0.647. The number of benzene rings is 1. The molecule has 1 aromatic carbocycles. The van der Waals surface area contributed by atoms with Crippen LogP contribution in [0.4, 0.5) is 5.69 Å². The molecular weight excluding hydrogens is 256 g/mol. The number of carboxylic acids is 1. The van der Waals surface area contributed by atoms with Crippen molar-refractivity contribution in [3.63, 3.8) is 0 Å². The van der Waals surface area contributed by atoms with Gasteiger partial charge in [-0.1, -0.05) is 6.07 Å². The Kier molecular flexibility index (Phi) is 5.68. The zero-order valence-electron chi connectivity index (χ0n) is 8.42. The van der Waals surface area contributed by atoms with Crippen LogP contribution in [-0.2, 0) is 0 Å². The predicted molar refractivity (Wildman–Crippen MR) is 52.9 cm³/mol. The monoisotopic (exact) mass is 262 g/mol. The highest BCUT2D eigenvalue weighted by atomic mass is 17.0. The summed E-state index contributed by atoms with van der Waals surface area (Å²) in [4.78, 5) is 34.2. The van der Waals surface area contributed by atoms with Crippen molar-refractivity contribution in [2.45, 2.75) is 0 Å². The Hall–Kier alpha value is -2.79. The van der Waals surface area contributed by atoms with Crippen molar-refractivity contribution in [2.75, 3.05) is 0 Å². The van der Waals surface area contributed by atoms with E-state index in [0.717, 1.165) is 18.2 Å². The van der Waals surface area contributed by atoms with Gasteiger partial charge in [0.25, 0.3) is 10.8 Å². The van der Waals surface area contributed by atoms with E-state index in [1.807, 2.05) is 0 Å². The Balaban J connectivity index is 0.00000137. The molecule has 0 unspecified atom stereocenters. The van der Waals surface area contributed by atoms with Crippen LogP contribution in [0.2, 0.25) is 0 Å². The van der Waals surface area contributed by atoms with Crippen molar-refractivity contribution >= 4 is 11.7 Å². The van der Waals surface area contributed by atoms with Crippen LogP contribution in [0, 0.1) is 20.2 Å². The molecule has 0 heterocycles. The summed E-state index contributed by atoms with van der Waals surface area (Å²) in [7, 11) is 0. The fraction of sp³-hybridized carbons (Fsp3) is 0. The lowest BCUT2D eigenvalue weighted by Gasteiger charge is -2.03. The van der Waals surface area contributed by atoms with Crippen molar-refractivity contribution in [1.29, 1.82) is 0 Å². The summed E-state index contributed by atoms with van der Waals surface area (Å²) in [5.41, 5.74) is -1.43. The van der Waals surface area contributed by atoms with Gasteiger partial charge in [-0.2, -0.15) is 0 Å². The average molecular weight is 262 g/mol. The van der Waals surface area contributed by atoms with Gasteiger partial charge in [0, 0.05) is 6.07 Å². The Labute approximate surface area is 97.6 Å². The zero-order chi connectivity index (χ0) is 14.3. The normalized spacial score (nSPS) is 8.78. The molecule has 0 radical (unpaired) electrons. The average Bonchev–Trinajstić information content (AvgIpc) is 2.30. The van der Waals surface area contributed by atoms with E-state index < -0.39 is 33.0 Å². The van der Waals surface area contributed by atoms with Crippen LogP contribution in [0.5, 0.6) is 5.75 Å². The Morgan fingerprint density at radius 1 is 1.22 bits per heavy atom. The van der Waals surface area contributed by atoms with Crippen LogP contribution in [-0.4, -0.2) is 31.6 Å². The first-order valence-electron chi connectivity index (χ1n) is 3.96. The molecule has 0 saturated heterocycles. The molecule has 0 aliphatic rings. The van der Waals surface area contributed by atoms with Crippen LogP contribution >= 0.6 is 0 Å². The van der Waals surface area contributed by atoms with Gasteiger partial charge >= 0.3 is 5.97 Å². The van der Waals surface area contributed by atoms with Crippen LogP contribution in [0.1, 0.15) is 10.4 Å². The van der Waals surface area contributed by atoms with E-state index in [9.17, 15) is 25.0 Å². The SMILES string of the molecule is O=C(O)c1cccc([N+](=O)[O-])c1O[N+](=O)[O-].OO. The van der Waals surface area contributed by atoms with Crippen molar-refractivity contribution in [3.05, 3.63) is 44.0 Å². The summed E-state index contributed by atoms with van der Waals surface area (Å²) in [6.07, 6.45) is 0. The first-order valence-corrected chi connectivity index (χ1v) is 3.96. The molecule has 3 N–H and O–H groups in total. The number of carbonyl (C=O) groups is 1. The van der Waals surface area contributed by atoms with Crippen LogP contribution in [0.3, 0.4) is 0 Å². The second-order valence-electron chi connectivity index (χ2n) is 2.53. The highest BCUT2D eigenvalue weighted by molar-refractivity contribution is 5.92. The fourth-order valence-electron chi connectivity index (χ4n) is 1.01. The maximum atomic E-state index is 10.7. The molecule has 0 aromatic heterocycles. The fourth-order valence-corrected chi connectivity index (χ4v) is 1.01. The number of hydrogen-bond donors (Lipinski definition) is 3. The van der Waals surface area contributed by atoms with Crippen LogP contribution < -0.4 is 4.84 Å². The van der Waals surface area contributed by atoms with Gasteiger partial charge in [0.2, 0.25) is 5.75 Å². The van der Waals surface area contributed by atoms with Crippen LogP contribution in [0.25, 0.3) is 0 Å². The quantitative estimate of drug-likeness (QED) is 0.404. The summed E-state index contributed by atoms with van der Waals surface area (Å²) < 4.78 is 0. The molecule has 11 heteroatoms. The van der Waals surface area contributed by atoms with Crippen molar-refractivity contribution in [3.8, 4) is 5.75 Å². The first-order chi connectivity index (χ1) is 8.43. The maximum absolute atomic E-state index is 10.7. The third kappa shape index (κ3) is 3.66. The molecular formula is C7H6N2O9. The van der Waals surface area contributed by atoms with E-state index in [4.69, 9.17) is 15.6 Å². The molecule has 0 bridgehead atoms. The minimum Gasteiger partial charge on any atom is -0.478 e. The lowest BCUT2D eigenvalue weighted by Crippen LogP contribution is -2.10. The third-order valence-electron chi connectivity index (χ3n) is 1.59. The highest BCUT2D eigenvalue weighted by Crippen LogP contribution is 2.30. The van der Waals surface area contributed by atoms with E-state index in [0.29, 0.717) is 0 Å². The predicted octanol–water partition coefficient (Wildman–Crippen LogP) is 0.881. The molecule has 0 amide bonds. The number of hydrogen-bond acceptors (Lipinski definition) is 8. The largest absolute Gasteiger partial charge is 0.478 e. The zero-order valence-corrected chi connectivity index (χ0v) is 8.42. The summed E-state index contributed by atoms with van der Waals surface area (Å²) in [6, 6.07) is 2.97. The standard InChI is InChI=1S/C7H4N2O7.H2O2/c10-7(11)4-2-1-3-5(8(12)13)6(4)16-9(14)15;1-2/h1-3H,(H,10,11);1-2H. The molecule has 0 aliphatic heterocycles. The van der Waals surface area contributed by atoms with Gasteiger partial charge in [-0.05, 0) is 6.07 Å². The molecule has 0 saturated carbocycles. The Morgan fingerprint density at radius 3 is 2.17 bits per heavy atom. The third-order valence-corrected chi connectivity index (χ3v) is 1.59. The summed E-state index contributed by atoms with van der Waals surface area (Å²) in [5.74, 6) is -2.45. The molecule has 0 atom stereocenters. The van der Waals surface area contributed by atoms with Crippen LogP contribution in [0.15, 0.2) is 18.2 Å². The van der Waals surface area contributed by atoms with E-state index in [-0.39, 0.29) is 0 Å². The first kappa shape index (κ1) is 15.2. The highest BCUT2D eigenvalue weighted by Gasteiger charge is 2.24. The number of aromatic carboxylic acids is 1. The summed E-state index contributed by atoms with van der Waals surface area (Å²) in [5, 5.41) is 39.9. The van der Waals surface area contributed by atoms with Gasteiger partial charge < -0.3 is 5.11 Å². The molecule has 0 spiro atoms. The molecule has 0 aliphatic carbocycles. The maximum Gasteiger partial charge on any atom is 0.338 e. The van der Waals surface area contributed by atoms with E-state index >= 15 is 0 Å². The second-order valence-corrected chi connectivity index (χ2v) is 2.53. The topological polar surface area (TPSA) is 173 Å². The van der Waals surface area contributed by atoms with E-state index in [2.05, 4.69) is 4.84 Å². The molecule has 1 rings (SSSR count). The lowest BCUT2D eigenvalue weighted by molar-refractivity contribution is -0.711. The number of nitro benzene ring substituents is 1. The van der Waals surface area contributed by atoms with Crippen molar-refractivity contribution < 1.29 is 35.3 Å². The lowest BCUT2D eigenvalue weighted by atomic mass is 10.2. The van der Waals surface area contributed by atoms with Gasteiger partial charge in [-0.25, -0.2) is 4.79 Å². The van der Waals surface area contributed by atoms with E-state index in [1.54, 1.807) is 0 Å². The molecule has 98 valence electrons.